The van der Waals surface area contributed by atoms with E-state index in [0.717, 1.165) is 31.4 Å². The van der Waals surface area contributed by atoms with Crippen molar-refractivity contribution in [3.05, 3.63) is 23.8 Å². The molecule has 2 aliphatic rings. The Hall–Kier alpha value is -1.75. The van der Waals surface area contributed by atoms with Crippen molar-refractivity contribution in [1.82, 2.24) is 0 Å². The minimum atomic E-state index is -0.363. The molecular formula is C15H20N2O3. The summed E-state index contributed by atoms with van der Waals surface area (Å²) in [7, 11) is 1.38. The first kappa shape index (κ1) is 13.2. The molecule has 0 saturated carbocycles. The third-order valence-electron chi connectivity index (χ3n) is 4.44. The van der Waals surface area contributed by atoms with Gasteiger partial charge in [-0.3, -0.25) is 0 Å². The minimum absolute atomic E-state index is 0.240. The molecule has 5 nitrogen and oxygen atoms in total. The van der Waals surface area contributed by atoms with Gasteiger partial charge in [-0.15, -0.1) is 0 Å². The third-order valence-corrected chi connectivity index (χ3v) is 4.44. The summed E-state index contributed by atoms with van der Waals surface area (Å²) < 4.78 is 4.86. The van der Waals surface area contributed by atoms with Crippen LogP contribution >= 0.6 is 0 Å². The smallest absolute Gasteiger partial charge is 0.340 e. The van der Waals surface area contributed by atoms with Crippen molar-refractivity contribution in [2.75, 3.05) is 17.7 Å². The number of para-hydroxylation sites is 1. The maximum Gasteiger partial charge on any atom is 0.340 e. The van der Waals surface area contributed by atoms with E-state index >= 15 is 0 Å². The van der Waals surface area contributed by atoms with Crippen molar-refractivity contribution < 1.29 is 14.6 Å². The molecule has 2 atom stereocenters. The van der Waals surface area contributed by atoms with Gasteiger partial charge >= 0.3 is 5.97 Å². The monoisotopic (exact) mass is 276 g/mol. The van der Waals surface area contributed by atoms with E-state index in [1.54, 1.807) is 12.1 Å². The predicted octanol–water partition coefficient (Wildman–Crippen LogP) is 1.55. The number of carbonyl (C=O) groups is 1. The standard InChI is InChI=1S/C15H20N2O3/c1-20-15(19)12-3-2-4-13(16)14(12)17-9-5-6-10(17)8-11(18)7-9/h2-4,9-11,18H,5-8,16H2,1H3. The van der Waals surface area contributed by atoms with Gasteiger partial charge in [-0.1, -0.05) is 6.07 Å². The van der Waals surface area contributed by atoms with Crippen LogP contribution in [-0.2, 0) is 4.74 Å². The van der Waals surface area contributed by atoms with Crippen LogP contribution in [0.1, 0.15) is 36.0 Å². The Labute approximate surface area is 118 Å². The van der Waals surface area contributed by atoms with E-state index in [9.17, 15) is 9.90 Å². The number of piperidine rings is 1. The van der Waals surface area contributed by atoms with Crippen molar-refractivity contribution >= 4 is 17.3 Å². The molecule has 0 aliphatic carbocycles. The summed E-state index contributed by atoms with van der Waals surface area (Å²) in [5.41, 5.74) is 8.01. The lowest BCUT2D eigenvalue weighted by Crippen LogP contribution is -2.45. The van der Waals surface area contributed by atoms with E-state index in [2.05, 4.69) is 4.90 Å². The lowest BCUT2D eigenvalue weighted by Gasteiger charge is -2.40. The molecule has 1 aromatic carbocycles. The Morgan fingerprint density at radius 1 is 1.35 bits per heavy atom. The first-order valence-electron chi connectivity index (χ1n) is 7.05. The second kappa shape index (κ2) is 4.98. The van der Waals surface area contributed by atoms with Crippen LogP contribution in [-0.4, -0.2) is 36.4 Å². The van der Waals surface area contributed by atoms with Crippen molar-refractivity contribution in [3.63, 3.8) is 0 Å². The van der Waals surface area contributed by atoms with E-state index in [4.69, 9.17) is 10.5 Å². The predicted molar refractivity (Wildman–Crippen MR) is 76.7 cm³/mol. The number of nitrogens with two attached hydrogens (primary N) is 1. The Morgan fingerprint density at radius 2 is 2.00 bits per heavy atom. The van der Waals surface area contributed by atoms with Crippen LogP contribution in [0.5, 0.6) is 0 Å². The minimum Gasteiger partial charge on any atom is -0.465 e. The zero-order chi connectivity index (χ0) is 14.3. The second-order valence-corrected chi connectivity index (χ2v) is 5.65. The van der Waals surface area contributed by atoms with Gasteiger partial charge in [0, 0.05) is 12.1 Å². The first-order chi connectivity index (χ1) is 9.61. The number of carbonyl (C=O) groups excluding carboxylic acids is 1. The van der Waals surface area contributed by atoms with Gasteiger partial charge in [-0.25, -0.2) is 4.79 Å². The highest BCUT2D eigenvalue weighted by Gasteiger charge is 2.42. The Kier molecular flexibility index (Phi) is 3.30. The average Bonchev–Trinajstić information content (AvgIpc) is 2.69. The SMILES string of the molecule is COC(=O)c1cccc(N)c1N1C2CCC1CC(O)C2. The molecule has 2 bridgehead atoms. The molecule has 0 aromatic heterocycles. The first-order valence-corrected chi connectivity index (χ1v) is 7.05. The number of rotatable bonds is 2. The van der Waals surface area contributed by atoms with Crippen molar-refractivity contribution in [2.24, 2.45) is 0 Å². The largest absolute Gasteiger partial charge is 0.465 e. The van der Waals surface area contributed by atoms with Crippen LogP contribution in [0.25, 0.3) is 0 Å². The Morgan fingerprint density at radius 3 is 2.60 bits per heavy atom. The van der Waals surface area contributed by atoms with Gasteiger partial charge < -0.3 is 20.5 Å². The topological polar surface area (TPSA) is 75.8 Å². The van der Waals surface area contributed by atoms with Crippen LogP contribution in [0.2, 0.25) is 0 Å². The van der Waals surface area contributed by atoms with Crippen LogP contribution in [0, 0.1) is 0 Å². The number of benzene rings is 1. The fourth-order valence-corrected chi connectivity index (χ4v) is 3.64. The summed E-state index contributed by atoms with van der Waals surface area (Å²) in [5.74, 6) is -0.363. The highest BCUT2D eigenvalue weighted by molar-refractivity contribution is 5.99. The highest BCUT2D eigenvalue weighted by atomic mass is 16.5. The molecular weight excluding hydrogens is 256 g/mol. The number of methoxy groups -OCH3 is 1. The molecule has 2 saturated heterocycles. The van der Waals surface area contributed by atoms with Crippen LogP contribution in [0.15, 0.2) is 18.2 Å². The van der Waals surface area contributed by atoms with Crippen LogP contribution < -0.4 is 10.6 Å². The molecule has 0 amide bonds. The molecule has 3 rings (SSSR count). The van der Waals surface area contributed by atoms with Gasteiger partial charge in [-0.2, -0.15) is 0 Å². The van der Waals surface area contributed by atoms with Gasteiger partial charge in [-0.05, 0) is 37.8 Å². The lowest BCUT2D eigenvalue weighted by atomic mass is 9.97. The molecule has 2 aliphatic heterocycles. The molecule has 5 heteroatoms. The number of nitrogen functional groups attached to an aromatic ring is 1. The summed E-state index contributed by atoms with van der Waals surface area (Å²) in [4.78, 5) is 14.2. The number of fused-ring (bicyclic) bond motifs is 2. The van der Waals surface area contributed by atoms with Crippen molar-refractivity contribution in [2.45, 2.75) is 43.9 Å². The summed E-state index contributed by atoms with van der Waals surface area (Å²) in [6.45, 7) is 0. The number of aliphatic hydroxyl groups is 1. The van der Waals surface area contributed by atoms with Gasteiger partial charge in [0.05, 0.1) is 30.2 Å². The number of hydrogen-bond donors (Lipinski definition) is 2. The summed E-state index contributed by atoms with van der Waals surface area (Å²) >= 11 is 0. The maximum atomic E-state index is 12.0. The highest BCUT2D eigenvalue weighted by Crippen LogP contribution is 2.43. The molecule has 108 valence electrons. The number of esters is 1. The number of nitrogens with zero attached hydrogens (tertiary/aromatic N) is 1. The van der Waals surface area contributed by atoms with E-state index in [1.165, 1.54) is 7.11 Å². The van der Waals surface area contributed by atoms with Crippen LogP contribution in [0.3, 0.4) is 0 Å². The van der Waals surface area contributed by atoms with E-state index < -0.39 is 0 Å². The third kappa shape index (κ3) is 2.02. The molecule has 3 N–H and O–H groups in total. The van der Waals surface area contributed by atoms with Crippen LogP contribution in [0.4, 0.5) is 11.4 Å². The van der Waals surface area contributed by atoms with E-state index in [0.29, 0.717) is 11.3 Å². The second-order valence-electron chi connectivity index (χ2n) is 5.65. The van der Waals surface area contributed by atoms with Crippen molar-refractivity contribution in [3.8, 4) is 0 Å². The van der Waals surface area contributed by atoms with Gasteiger partial charge in [0.25, 0.3) is 0 Å². The lowest BCUT2D eigenvalue weighted by molar-refractivity contribution is 0.0601. The van der Waals surface area contributed by atoms with Gasteiger partial charge in [0.15, 0.2) is 0 Å². The Balaban J connectivity index is 2.04. The van der Waals surface area contributed by atoms with Gasteiger partial charge in [0.2, 0.25) is 0 Å². The number of anilines is 2. The molecule has 0 spiro atoms. The summed E-state index contributed by atoms with van der Waals surface area (Å²) in [6, 6.07) is 5.86. The molecule has 20 heavy (non-hydrogen) atoms. The number of aliphatic hydroxyl groups excluding tert-OH is 1. The Bertz CT molecular complexity index is 518. The molecule has 2 heterocycles. The van der Waals surface area contributed by atoms with E-state index in [-0.39, 0.29) is 24.2 Å². The quantitative estimate of drug-likeness (QED) is 0.633. The molecule has 2 unspecified atom stereocenters. The molecule has 2 fully saturated rings. The number of ether oxygens (including phenoxy) is 1. The van der Waals surface area contributed by atoms with Gasteiger partial charge in [0.1, 0.15) is 0 Å². The maximum absolute atomic E-state index is 12.0. The normalized spacial score (nSPS) is 28.5. The fraction of sp³-hybridized carbons (Fsp3) is 0.533. The van der Waals surface area contributed by atoms with Crippen molar-refractivity contribution in [1.29, 1.82) is 0 Å². The average molecular weight is 276 g/mol. The number of hydrogen-bond acceptors (Lipinski definition) is 5. The fourth-order valence-electron chi connectivity index (χ4n) is 3.64. The summed E-state index contributed by atoms with van der Waals surface area (Å²) in [5, 5.41) is 9.90. The zero-order valence-electron chi connectivity index (χ0n) is 11.6. The van der Waals surface area contributed by atoms with E-state index in [1.807, 2.05) is 6.07 Å². The molecule has 1 aromatic rings. The molecule has 0 radical (unpaired) electrons. The zero-order valence-corrected chi connectivity index (χ0v) is 11.6. The summed E-state index contributed by atoms with van der Waals surface area (Å²) in [6.07, 6.45) is 3.32.